The first-order valence-corrected chi connectivity index (χ1v) is 10.5. The van der Waals surface area contributed by atoms with Gasteiger partial charge in [-0.2, -0.15) is 13.2 Å². The van der Waals surface area contributed by atoms with E-state index in [1.807, 2.05) is 6.92 Å². The molecule has 2 rings (SSSR count). The molecule has 31 heavy (non-hydrogen) atoms. The summed E-state index contributed by atoms with van der Waals surface area (Å²) in [5, 5.41) is 16.3. The Hall–Kier alpha value is -2.30. The summed E-state index contributed by atoms with van der Waals surface area (Å²) in [5.41, 5.74) is -3.67. The van der Waals surface area contributed by atoms with E-state index in [0.717, 1.165) is 30.3 Å². The Balaban J connectivity index is 2.12. The maximum Gasteiger partial charge on any atom is 0.424 e. The number of aromatic nitrogens is 2. The van der Waals surface area contributed by atoms with Gasteiger partial charge < -0.3 is 25.2 Å². The molecule has 1 saturated carbocycles. The average Bonchev–Trinajstić information content (AvgIpc) is 3.34. The average molecular weight is 447 g/mol. The zero-order valence-electron chi connectivity index (χ0n) is 18.6. The standard InChI is InChI=1S/C20H33F3N6O2/c1-5-24-17(27-14-18(8-6-7-9-18)16(30)28(2)3)26-11-10-19(31,20(21,22)23)15-25-12-13-29(15)4/h12-13,31H,5-11,14H2,1-4H3,(H2,24,26,27). The van der Waals surface area contributed by atoms with Gasteiger partial charge in [0.25, 0.3) is 0 Å². The number of alkyl halides is 3. The van der Waals surface area contributed by atoms with Gasteiger partial charge in [0.2, 0.25) is 11.5 Å². The van der Waals surface area contributed by atoms with Crippen molar-refractivity contribution in [3.63, 3.8) is 0 Å². The molecule has 1 aromatic heterocycles. The normalized spacial score (nSPS) is 18.5. The lowest BCUT2D eigenvalue weighted by molar-refractivity contribution is -0.272. The van der Waals surface area contributed by atoms with Crippen LogP contribution in [0.5, 0.6) is 0 Å². The molecule has 8 nitrogen and oxygen atoms in total. The molecule has 0 saturated heterocycles. The first-order chi connectivity index (χ1) is 14.5. The Bertz CT molecular complexity index is 771. The third kappa shape index (κ3) is 5.50. The van der Waals surface area contributed by atoms with Gasteiger partial charge in [-0.25, -0.2) is 4.98 Å². The Labute approximate surface area is 180 Å². The van der Waals surface area contributed by atoms with Crippen molar-refractivity contribution in [1.29, 1.82) is 0 Å². The number of halogens is 3. The van der Waals surface area contributed by atoms with Gasteiger partial charge in [0, 0.05) is 53.0 Å². The fraction of sp³-hybridized carbons (Fsp3) is 0.750. The summed E-state index contributed by atoms with van der Waals surface area (Å²) in [6.45, 7) is 2.41. The van der Waals surface area contributed by atoms with E-state index in [4.69, 9.17) is 0 Å². The number of imidazole rings is 1. The molecule has 3 N–H and O–H groups in total. The molecule has 11 heteroatoms. The smallest absolute Gasteiger partial charge is 0.374 e. The molecule has 1 atom stereocenters. The number of rotatable bonds is 8. The Morgan fingerprint density at radius 3 is 2.45 bits per heavy atom. The summed E-state index contributed by atoms with van der Waals surface area (Å²) in [6.07, 6.45) is 0.396. The van der Waals surface area contributed by atoms with Crippen LogP contribution in [-0.4, -0.2) is 71.3 Å². The molecule has 0 bridgehead atoms. The highest BCUT2D eigenvalue weighted by Gasteiger charge is 2.57. The minimum Gasteiger partial charge on any atom is -0.374 e. The maximum atomic E-state index is 13.7. The summed E-state index contributed by atoms with van der Waals surface area (Å²) < 4.78 is 42.2. The zero-order chi connectivity index (χ0) is 23.3. The van der Waals surface area contributed by atoms with Crippen molar-refractivity contribution in [3.8, 4) is 0 Å². The van der Waals surface area contributed by atoms with E-state index >= 15 is 0 Å². The highest BCUT2D eigenvalue weighted by molar-refractivity contribution is 5.84. The van der Waals surface area contributed by atoms with Crippen LogP contribution in [0.1, 0.15) is 44.9 Å². The summed E-state index contributed by atoms with van der Waals surface area (Å²) in [5.74, 6) is -0.138. The van der Waals surface area contributed by atoms with Crippen molar-refractivity contribution in [1.82, 2.24) is 25.1 Å². The predicted octanol–water partition coefficient (Wildman–Crippen LogP) is 1.76. The lowest BCUT2D eigenvalue weighted by atomic mass is 9.85. The molecular formula is C20H33F3N6O2. The van der Waals surface area contributed by atoms with Crippen LogP contribution in [-0.2, 0) is 17.4 Å². The van der Waals surface area contributed by atoms with Gasteiger partial charge in [0.15, 0.2) is 5.96 Å². The van der Waals surface area contributed by atoms with Gasteiger partial charge in [-0.3, -0.25) is 9.79 Å². The van der Waals surface area contributed by atoms with E-state index in [2.05, 4.69) is 20.6 Å². The third-order valence-electron chi connectivity index (χ3n) is 5.74. The molecule has 176 valence electrons. The van der Waals surface area contributed by atoms with Gasteiger partial charge >= 0.3 is 6.18 Å². The van der Waals surface area contributed by atoms with E-state index in [1.165, 1.54) is 19.4 Å². The Morgan fingerprint density at radius 1 is 1.32 bits per heavy atom. The lowest BCUT2D eigenvalue weighted by Crippen LogP contribution is -2.48. The maximum absolute atomic E-state index is 13.7. The van der Waals surface area contributed by atoms with Gasteiger partial charge in [-0.05, 0) is 19.8 Å². The zero-order valence-corrected chi connectivity index (χ0v) is 18.6. The Morgan fingerprint density at radius 2 is 1.97 bits per heavy atom. The van der Waals surface area contributed by atoms with Crippen LogP contribution in [0.3, 0.4) is 0 Å². The number of guanidine groups is 1. The van der Waals surface area contributed by atoms with Gasteiger partial charge in [-0.1, -0.05) is 12.8 Å². The number of aliphatic imine (C=N–C) groups is 1. The monoisotopic (exact) mass is 446 g/mol. The minimum absolute atomic E-state index is 0.0193. The first kappa shape index (κ1) is 25.0. The molecule has 1 heterocycles. The summed E-state index contributed by atoms with van der Waals surface area (Å²) in [7, 11) is 4.83. The quantitative estimate of drug-likeness (QED) is 0.418. The van der Waals surface area contributed by atoms with Crippen molar-refractivity contribution < 1.29 is 23.1 Å². The summed E-state index contributed by atoms with van der Waals surface area (Å²) in [4.78, 5) is 22.5. The fourth-order valence-corrected chi connectivity index (χ4v) is 4.04. The second kappa shape index (κ2) is 9.88. The van der Waals surface area contributed by atoms with E-state index in [0.29, 0.717) is 12.5 Å². The Kier molecular flexibility index (Phi) is 7.96. The number of hydrogen-bond donors (Lipinski definition) is 3. The number of aliphatic hydroxyl groups is 1. The van der Waals surface area contributed by atoms with Crippen LogP contribution in [0.25, 0.3) is 0 Å². The predicted molar refractivity (Wildman–Crippen MR) is 111 cm³/mol. The van der Waals surface area contributed by atoms with E-state index < -0.39 is 29.4 Å². The highest BCUT2D eigenvalue weighted by atomic mass is 19.4. The van der Waals surface area contributed by atoms with Gasteiger partial charge in [0.1, 0.15) is 5.82 Å². The molecule has 1 aliphatic rings. The van der Waals surface area contributed by atoms with Crippen LogP contribution in [0.4, 0.5) is 13.2 Å². The van der Waals surface area contributed by atoms with Crippen LogP contribution in [0.2, 0.25) is 0 Å². The summed E-state index contributed by atoms with van der Waals surface area (Å²) >= 11 is 0. The largest absolute Gasteiger partial charge is 0.424 e. The lowest BCUT2D eigenvalue weighted by Gasteiger charge is -2.30. The van der Waals surface area contributed by atoms with E-state index in [9.17, 15) is 23.1 Å². The van der Waals surface area contributed by atoms with Crippen LogP contribution in [0, 0.1) is 5.41 Å². The number of amides is 1. The molecule has 0 aliphatic heterocycles. The van der Waals surface area contributed by atoms with E-state index in [-0.39, 0.29) is 19.0 Å². The first-order valence-electron chi connectivity index (χ1n) is 10.5. The molecule has 1 fully saturated rings. The molecule has 1 aromatic rings. The molecule has 1 unspecified atom stereocenters. The molecule has 0 spiro atoms. The minimum atomic E-state index is -4.89. The van der Waals surface area contributed by atoms with Crippen molar-refractivity contribution in [2.75, 3.05) is 33.7 Å². The number of hydrogen-bond acceptors (Lipinski definition) is 4. The second-order valence-corrected chi connectivity index (χ2v) is 8.28. The molecule has 0 radical (unpaired) electrons. The number of nitrogens with one attached hydrogen (secondary N) is 2. The number of carbonyl (C=O) groups is 1. The molecule has 0 aromatic carbocycles. The van der Waals surface area contributed by atoms with Crippen LogP contribution in [0.15, 0.2) is 17.4 Å². The van der Waals surface area contributed by atoms with Gasteiger partial charge in [-0.15, -0.1) is 0 Å². The third-order valence-corrected chi connectivity index (χ3v) is 5.74. The van der Waals surface area contributed by atoms with Crippen molar-refractivity contribution >= 4 is 11.9 Å². The van der Waals surface area contributed by atoms with Gasteiger partial charge in [0.05, 0.1) is 12.0 Å². The van der Waals surface area contributed by atoms with Crippen molar-refractivity contribution in [2.24, 2.45) is 17.5 Å². The number of aryl methyl sites for hydroxylation is 1. The summed E-state index contributed by atoms with van der Waals surface area (Å²) in [6, 6.07) is 0. The highest BCUT2D eigenvalue weighted by Crippen LogP contribution is 2.41. The molecule has 1 amide bonds. The number of carbonyl (C=O) groups excluding carboxylic acids is 1. The van der Waals surface area contributed by atoms with Crippen LogP contribution < -0.4 is 10.6 Å². The second-order valence-electron chi connectivity index (χ2n) is 8.28. The number of nitrogens with zero attached hydrogens (tertiary/aromatic N) is 4. The van der Waals surface area contributed by atoms with Crippen molar-refractivity contribution in [3.05, 3.63) is 18.2 Å². The molecule has 1 aliphatic carbocycles. The van der Waals surface area contributed by atoms with E-state index in [1.54, 1.807) is 19.0 Å². The topological polar surface area (TPSA) is 94.8 Å². The van der Waals surface area contributed by atoms with Crippen LogP contribution >= 0.6 is 0 Å². The molecular weight excluding hydrogens is 413 g/mol. The SMILES string of the molecule is CCNC(=NCC1(C(=O)N(C)C)CCCC1)NCCC(O)(c1nccn1C)C(F)(F)F. The van der Waals surface area contributed by atoms with Crippen molar-refractivity contribution in [2.45, 2.75) is 50.8 Å². The fourth-order valence-electron chi connectivity index (χ4n) is 4.04.